The molecular formula is C30H34F3N5O3. The molecule has 0 aliphatic carbocycles. The Morgan fingerprint density at radius 2 is 1.71 bits per heavy atom. The predicted octanol–water partition coefficient (Wildman–Crippen LogP) is 4.20. The van der Waals surface area contributed by atoms with Crippen LogP contribution in [-0.2, 0) is 14.9 Å². The Morgan fingerprint density at radius 1 is 1.02 bits per heavy atom. The summed E-state index contributed by atoms with van der Waals surface area (Å²) in [6.07, 6.45) is -1.07. The average molecular weight is 570 g/mol. The van der Waals surface area contributed by atoms with Crippen molar-refractivity contribution in [2.24, 2.45) is 0 Å². The van der Waals surface area contributed by atoms with Gasteiger partial charge in [-0.1, -0.05) is 42.5 Å². The van der Waals surface area contributed by atoms with E-state index in [2.05, 4.69) is 25.7 Å². The van der Waals surface area contributed by atoms with Crippen LogP contribution < -0.4 is 15.5 Å². The lowest BCUT2D eigenvalue weighted by Gasteiger charge is -2.44. The van der Waals surface area contributed by atoms with Crippen molar-refractivity contribution in [3.05, 3.63) is 72.4 Å². The lowest BCUT2D eigenvalue weighted by Crippen LogP contribution is -2.58. The number of carbonyl (C=O) groups is 1. The number of hydrogen-bond acceptors (Lipinski definition) is 7. The van der Waals surface area contributed by atoms with Crippen LogP contribution >= 0.6 is 0 Å². The van der Waals surface area contributed by atoms with Crippen LogP contribution in [0.5, 0.6) is 5.75 Å². The van der Waals surface area contributed by atoms with Crippen molar-refractivity contribution in [2.75, 3.05) is 44.2 Å². The average Bonchev–Trinajstić information content (AvgIpc) is 3.00. The Bertz CT molecular complexity index is 1320. The van der Waals surface area contributed by atoms with E-state index in [1.54, 1.807) is 24.4 Å². The molecule has 11 heteroatoms. The zero-order valence-corrected chi connectivity index (χ0v) is 22.7. The number of benzene rings is 2. The van der Waals surface area contributed by atoms with Gasteiger partial charge in [-0.2, -0.15) is 23.4 Å². The summed E-state index contributed by atoms with van der Waals surface area (Å²) in [4.78, 5) is 15.7. The highest BCUT2D eigenvalue weighted by Crippen LogP contribution is 2.38. The quantitative estimate of drug-likeness (QED) is 0.374. The second-order valence-electron chi connectivity index (χ2n) is 10.8. The molecule has 0 bridgehead atoms. The zero-order chi connectivity index (χ0) is 28.9. The lowest BCUT2D eigenvalue weighted by atomic mass is 9.72. The van der Waals surface area contributed by atoms with Gasteiger partial charge >= 0.3 is 6.18 Å². The van der Waals surface area contributed by atoms with E-state index in [4.69, 9.17) is 4.74 Å². The van der Waals surface area contributed by atoms with Crippen molar-refractivity contribution in [2.45, 2.75) is 42.9 Å². The molecule has 0 saturated carbocycles. The molecule has 3 aromatic rings. The van der Waals surface area contributed by atoms with Crippen molar-refractivity contribution in [1.29, 1.82) is 0 Å². The van der Waals surface area contributed by atoms with Crippen molar-refractivity contribution in [1.82, 2.24) is 20.8 Å². The van der Waals surface area contributed by atoms with Crippen LogP contribution in [0.3, 0.4) is 0 Å². The van der Waals surface area contributed by atoms with Gasteiger partial charge in [-0.3, -0.25) is 4.79 Å². The normalized spacial score (nSPS) is 18.6. The maximum atomic E-state index is 13.5. The highest BCUT2D eigenvalue weighted by Gasteiger charge is 2.45. The van der Waals surface area contributed by atoms with Gasteiger partial charge in [-0.25, -0.2) is 0 Å². The molecule has 0 atom stereocenters. The van der Waals surface area contributed by atoms with Gasteiger partial charge in [-0.05, 0) is 62.5 Å². The SMILES string of the molecule is O=C(NCC1(c2ccccc2)CCN(c2cnnc(-c3ccccc3O)c2)CC1)C1(OCC(F)(F)F)CCNCC1. The molecule has 3 heterocycles. The standard InChI is InChI=1S/C30H34F3N5O3/c31-30(32,33)21-41-29(10-14-34-15-11-29)27(40)35-20-28(22-6-2-1-3-7-22)12-16-38(17-13-28)23-18-25(37-36-19-23)24-8-4-5-9-26(24)39/h1-9,18-19,34,39H,10-17,20-21H2,(H,35,40). The molecule has 218 valence electrons. The number of alkyl halides is 3. The molecule has 2 aromatic carbocycles. The van der Waals surface area contributed by atoms with E-state index in [9.17, 15) is 23.1 Å². The van der Waals surface area contributed by atoms with Crippen molar-refractivity contribution in [3.8, 4) is 17.0 Å². The Labute approximate surface area is 236 Å². The number of rotatable bonds is 8. The maximum absolute atomic E-state index is 13.5. The van der Waals surface area contributed by atoms with Crippen molar-refractivity contribution in [3.63, 3.8) is 0 Å². The van der Waals surface area contributed by atoms with Crippen LogP contribution in [0.15, 0.2) is 66.9 Å². The number of piperidine rings is 2. The molecule has 0 unspecified atom stereocenters. The summed E-state index contributed by atoms with van der Waals surface area (Å²) in [6.45, 7) is 0.972. The number of amides is 1. The van der Waals surface area contributed by atoms with Gasteiger partial charge in [0.1, 0.15) is 18.0 Å². The number of anilines is 1. The molecule has 5 rings (SSSR count). The smallest absolute Gasteiger partial charge is 0.411 e. The Kier molecular flexibility index (Phi) is 8.46. The van der Waals surface area contributed by atoms with Gasteiger partial charge in [-0.15, -0.1) is 0 Å². The van der Waals surface area contributed by atoms with Crippen LogP contribution in [0.4, 0.5) is 18.9 Å². The summed E-state index contributed by atoms with van der Waals surface area (Å²) >= 11 is 0. The van der Waals surface area contributed by atoms with E-state index in [1.165, 1.54) is 0 Å². The monoisotopic (exact) mass is 569 g/mol. The molecule has 2 aliphatic heterocycles. The largest absolute Gasteiger partial charge is 0.507 e. The number of phenols is 1. The Morgan fingerprint density at radius 3 is 2.39 bits per heavy atom. The van der Waals surface area contributed by atoms with Crippen molar-refractivity contribution >= 4 is 11.6 Å². The van der Waals surface area contributed by atoms with Crippen molar-refractivity contribution < 1.29 is 27.8 Å². The number of hydrogen-bond donors (Lipinski definition) is 3. The summed E-state index contributed by atoms with van der Waals surface area (Å²) in [5, 5.41) is 24.7. The fraction of sp³-hybridized carbons (Fsp3) is 0.433. The van der Waals surface area contributed by atoms with E-state index in [-0.39, 0.29) is 25.1 Å². The van der Waals surface area contributed by atoms with E-state index in [0.29, 0.717) is 50.3 Å². The first-order chi connectivity index (χ1) is 19.7. The number of nitrogens with zero attached hydrogens (tertiary/aromatic N) is 3. The van der Waals surface area contributed by atoms with E-state index in [0.717, 1.165) is 11.3 Å². The minimum atomic E-state index is -4.52. The number of aromatic nitrogens is 2. The highest BCUT2D eigenvalue weighted by molar-refractivity contribution is 5.85. The van der Waals surface area contributed by atoms with Crippen LogP contribution in [0.1, 0.15) is 31.2 Å². The molecule has 1 amide bonds. The topological polar surface area (TPSA) is 99.6 Å². The number of ether oxygens (including phenoxy) is 1. The fourth-order valence-corrected chi connectivity index (χ4v) is 5.80. The summed E-state index contributed by atoms with van der Waals surface area (Å²) in [5.41, 5.74) is 1.18. The van der Waals surface area contributed by atoms with Gasteiger partial charge in [0.2, 0.25) is 0 Å². The fourth-order valence-electron chi connectivity index (χ4n) is 5.80. The Hall–Kier alpha value is -3.70. The summed E-state index contributed by atoms with van der Waals surface area (Å²) < 4.78 is 44.4. The highest BCUT2D eigenvalue weighted by atomic mass is 19.4. The minimum absolute atomic E-state index is 0.127. The van der Waals surface area contributed by atoms with Gasteiger partial charge in [0.15, 0.2) is 0 Å². The molecule has 0 radical (unpaired) electrons. The summed E-state index contributed by atoms with van der Waals surface area (Å²) in [7, 11) is 0. The Balaban J connectivity index is 1.32. The number of carbonyl (C=O) groups excluding carboxylic acids is 1. The molecule has 3 N–H and O–H groups in total. The molecular weight excluding hydrogens is 535 g/mol. The molecule has 2 saturated heterocycles. The molecule has 0 spiro atoms. The number of phenolic OH excluding ortho intramolecular Hbond substituents is 1. The number of para-hydroxylation sites is 1. The van der Waals surface area contributed by atoms with Crippen LogP contribution in [-0.4, -0.2) is 72.3 Å². The van der Waals surface area contributed by atoms with Gasteiger partial charge in [0, 0.05) is 30.6 Å². The second-order valence-corrected chi connectivity index (χ2v) is 10.8. The number of aromatic hydroxyl groups is 1. The van der Waals surface area contributed by atoms with Crippen LogP contribution in [0.2, 0.25) is 0 Å². The molecule has 41 heavy (non-hydrogen) atoms. The van der Waals surface area contributed by atoms with E-state index >= 15 is 0 Å². The minimum Gasteiger partial charge on any atom is -0.507 e. The number of nitrogens with one attached hydrogen (secondary N) is 2. The first kappa shape index (κ1) is 28.8. The van der Waals surface area contributed by atoms with Crippen LogP contribution in [0, 0.1) is 0 Å². The van der Waals surface area contributed by atoms with E-state index < -0.39 is 29.7 Å². The lowest BCUT2D eigenvalue weighted by molar-refractivity contribution is -0.210. The predicted molar refractivity (Wildman–Crippen MR) is 149 cm³/mol. The third-order valence-electron chi connectivity index (χ3n) is 8.22. The second kappa shape index (κ2) is 12.0. The first-order valence-corrected chi connectivity index (χ1v) is 13.8. The summed E-state index contributed by atoms with van der Waals surface area (Å²) in [5.74, 6) is -0.367. The van der Waals surface area contributed by atoms with Gasteiger partial charge in [0.25, 0.3) is 5.91 Å². The van der Waals surface area contributed by atoms with Gasteiger partial charge in [0.05, 0.1) is 17.6 Å². The first-order valence-electron chi connectivity index (χ1n) is 13.8. The summed E-state index contributed by atoms with van der Waals surface area (Å²) in [6, 6.07) is 18.8. The molecule has 2 fully saturated rings. The third kappa shape index (κ3) is 6.62. The number of halogens is 3. The zero-order valence-electron chi connectivity index (χ0n) is 22.7. The molecule has 1 aromatic heterocycles. The third-order valence-corrected chi connectivity index (χ3v) is 8.22. The van der Waals surface area contributed by atoms with Crippen LogP contribution in [0.25, 0.3) is 11.3 Å². The van der Waals surface area contributed by atoms with Gasteiger partial charge < -0.3 is 25.4 Å². The molecule has 2 aliphatic rings. The maximum Gasteiger partial charge on any atom is 0.411 e. The van der Waals surface area contributed by atoms with E-state index in [1.807, 2.05) is 42.5 Å². The molecule has 8 nitrogen and oxygen atoms in total.